The first-order valence-corrected chi connectivity index (χ1v) is 6.42. The average molecular weight is 317 g/mol. The number of amides is 1. The molecule has 1 heterocycles. The minimum atomic E-state index is -0.573. The zero-order valence-corrected chi connectivity index (χ0v) is 11.3. The van der Waals surface area contributed by atoms with Gasteiger partial charge in [-0.05, 0) is 23.8 Å². The second-order valence-corrected chi connectivity index (χ2v) is 5.19. The quantitative estimate of drug-likeness (QED) is 0.913. The van der Waals surface area contributed by atoms with E-state index < -0.39 is 12.0 Å². The Morgan fingerprint density at radius 3 is 3.00 bits per heavy atom. The summed E-state index contributed by atoms with van der Waals surface area (Å²) in [5.41, 5.74) is 6.07. The molecule has 1 fully saturated rings. The van der Waals surface area contributed by atoms with Gasteiger partial charge in [0.25, 0.3) is 0 Å². The third-order valence-electron chi connectivity index (χ3n) is 2.80. The van der Waals surface area contributed by atoms with Crippen molar-refractivity contribution in [3.05, 3.63) is 34.1 Å². The Labute approximate surface area is 113 Å². The number of rotatable bonds is 3. The molecule has 0 aliphatic carbocycles. The Morgan fingerprint density at radius 1 is 1.56 bits per heavy atom. The molecule has 98 valence electrons. The van der Waals surface area contributed by atoms with Crippen molar-refractivity contribution in [3.63, 3.8) is 0 Å². The highest BCUT2D eigenvalue weighted by molar-refractivity contribution is 9.10. The van der Waals surface area contributed by atoms with E-state index in [1.807, 2.05) is 11.0 Å². The number of carbonyl (C=O) groups excluding carboxylic acids is 1. The second kappa shape index (κ2) is 5.77. The first-order chi connectivity index (χ1) is 8.54. The van der Waals surface area contributed by atoms with Crippen molar-refractivity contribution in [2.75, 3.05) is 19.7 Å². The van der Waals surface area contributed by atoms with Gasteiger partial charge in [-0.25, -0.2) is 4.39 Å². The molecule has 1 aliphatic heterocycles. The first-order valence-electron chi connectivity index (χ1n) is 5.63. The number of ether oxygens (including phenoxy) is 1. The largest absolute Gasteiger partial charge is 0.367 e. The summed E-state index contributed by atoms with van der Waals surface area (Å²) in [5.74, 6) is -0.737. The lowest BCUT2D eigenvalue weighted by Crippen LogP contribution is -2.47. The van der Waals surface area contributed by atoms with E-state index in [9.17, 15) is 9.18 Å². The van der Waals surface area contributed by atoms with Crippen molar-refractivity contribution in [3.8, 4) is 0 Å². The van der Waals surface area contributed by atoms with Gasteiger partial charge in [-0.1, -0.05) is 15.9 Å². The Hall–Kier alpha value is -0.980. The molecule has 1 amide bonds. The molecule has 0 bridgehead atoms. The number of hydrogen-bond donors (Lipinski definition) is 1. The van der Waals surface area contributed by atoms with Crippen LogP contribution in [0.5, 0.6) is 0 Å². The van der Waals surface area contributed by atoms with Gasteiger partial charge in [0.15, 0.2) is 0 Å². The molecule has 0 radical (unpaired) electrons. The van der Waals surface area contributed by atoms with Crippen molar-refractivity contribution in [1.29, 1.82) is 0 Å². The highest BCUT2D eigenvalue weighted by Crippen LogP contribution is 2.17. The Morgan fingerprint density at radius 2 is 2.33 bits per heavy atom. The normalized spacial score (nSPS) is 20.9. The molecule has 0 spiro atoms. The fourth-order valence-corrected chi connectivity index (χ4v) is 2.49. The summed E-state index contributed by atoms with van der Waals surface area (Å²) in [6.45, 7) is 2.19. The smallest absolute Gasteiger partial charge is 0.247 e. The first kappa shape index (κ1) is 13.5. The van der Waals surface area contributed by atoms with E-state index in [-0.39, 0.29) is 5.82 Å². The number of carbonyl (C=O) groups is 1. The third-order valence-corrected chi connectivity index (χ3v) is 3.25. The zero-order valence-electron chi connectivity index (χ0n) is 9.73. The third kappa shape index (κ3) is 3.51. The highest BCUT2D eigenvalue weighted by Gasteiger charge is 2.24. The molecular weight excluding hydrogens is 303 g/mol. The Bertz CT molecular complexity index is 435. The summed E-state index contributed by atoms with van der Waals surface area (Å²) in [6, 6.07) is 4.76. The van der Waals surface area contributed by atoms with Crippen LogP contribution in [-0.4, -0.2) is 36.6 Å². The van der Waals surface area contributed by atoms with Gasteiger partial charge >= 0.3 is 0 Å². The Balaban J connectivity index is 2.02. The van der Waals surface area contributed by atoms with E-state index in [1.165, 1.54) is 12.1 Å². The molecule has 1 aromatic carbocycles. The van der Waals surface area contributed by atoms with Crippen molar-refractivity contribution in [2.45, 2.75) is 12.6 Å². The maximum absolute atomic E-state index is 13.2. The molecule has 1 aromatic rings. The molecule has 6 heteroatoms. The molecule has 1 saturated heterocycles. The van der Waals surface area contributed by atoms with Crippen molar-refractivity contribution in [1.82, 2.24) is 4.90 Å². The summed E-state index contributed by atoms with van der Waals surface area (Å²) in [5, 5.41) is 0. The van der Waals surface area contributed by atoms with Gasteiger partial charge in [-0.15, -0.1) is 0 Å². The molecule has 18 heavy (non-hydrogen) atoms. The van der Waals surface area contributed by atoms with Gasteiger partial charge in [0.05, 0.1) is 6.61 Å². The number of benzene rings is 1. The fraction of sp³-hybridized carbons (Fsp3) is 0.417. The number of morpholine rings is 1. The van der Waals surface area contributed by atoms with Crippen LogP contribution in [0.2, 0.25) is 0 Å². The van der Waals surface area contributed by atoms with E-state index >= 15 is 0 Å². The van der Waals surface area contributed by atoms with Gasteiger partial charge in [0.2, 0.25) is 5.91 Å². The number of nitrogens with zero attached hydrogens (tertiary/aromatic N) is 1. The molecule has 2 rings (SSSR count). The van der Waals surface area contributed by atoms with Crippen LogP contribution in [-0.2, 0) is 16.1 Å². The maximum atomic E-state index is 13.2. The zero-order chi connectivity index (χ0) is 13.1. The summed E-state index contributed by atoms with van der Waals surface area (Å²) in [6.07, 6.45) is -0.573. The number of primary amides is 1. The highest BCUT2D eigenvalue weighted by atomic mass is 79.9. The monoisotopic (exact) mass is 316 g/mol. The average Bonchev–Trinajstić information content (AvgIpc) is 2.27. The maximum Gasteiger partial charge on any atom is 0.247 e. The summed E-state index contributed by atoms with van der Waals surface area (Å²) < 4.78 is 19.2. The van der Waals surface area contributed by atoms with Crippen LogP contribution in [0.25, 0.3) is 0 Å². The van der Waals surface area contributed by atoms with Gasteiger partial charge in [0.1, 0.15) is 11.9 Å². The minimum absolute atomic E-state index is 0.279. The lowest BCUT2D eigenvalue weighted by molar-refractivity contribution is -0.135. The van der Waals surface area contributed by atoms with E-state index in [4.69, 9.17) is 10.5 Å². The van der Waals surface area contributed by atoms with Crippen molar-refractivity contribution >= 4 is 21.8 Å². The molecule has 4 nitrogen and oxygen atoms in total. The van der Waals surface area contributed by atoms with Gasteiger partial charge in [-0.3, -0.25) is 9.69 Å². The summed E-state index contributed by atoms with van der Waals surface area (Å²) in [7, 11) is 0. The number of halogens is 2. The van der Waals surface area contributed by atoms with E-state index in [0.717, 1.165) is 5.56 Å². The van der Waals surface area contributed by atoms with Crippen LogP contribution in [0.3, 0.4) is 0 Å². The summed E-state index contributed by atoms with van der Waals surface area (Å²) in [4.78, 5) is 13.1. The SMILES string of the molecule is NC(=O)[C@H]1CN(Cc2cc(F)cc(Br)c2)CCO1. The predicted molar refractivity (Wildman–Crippen MR) is 68.3 cm³/mol. The lowest BCUT2D eigenvalue weighted by atomic mass is 10.2. The molecule has 0 saturated carbocycles. The van der Waals surface area contributed by atoms with E-state index in [1.54, 1.807) is 0 Å². The summed E-state index contributed by atoms with van der Waals surface area (Å²) >= 11 is 3.26. The lowest BCUT2D eigenvalue weighted by Gasteiger charge is -2.31. The van der Waals surface area contributed by atoms with Crippen LogP contribution in [0, 0.1) is 5.82 Å². The van der Waals surface area contributed by atoms with Gasteiger partial charge in [-0.2, -0.15) is 0 Å². The molecule has 0 aromatic heterocycles. The minimum Gasteiger partial charge on any atom is -0.367 e. The van der Waals surface area contributed by atoms with Crippen molar-refractivity contribution < 1.29 is 13.9 Å². The van der Waals surface area contributed by atoms with E-state index in [2.05, 4.69) is 15.9 Å². The number of hydrogen-bond acceptors (Lipinski definition) is 3. The Kier molecular flexibility index (Phi) is 4.31. The fourth-order valence-electron chi connectivity index (χ4n) is 1.98. The van der Waals surface area contributed by atoms with Gasteiger partial charge < -0.3 is 10.5 Å². The number of nitrogens with two attached hydrogens (primary N) is 1. The van der Waals surface area contributed by atoms with Crippen LogP contribution < -0.4 is 5.73 Å². The predicted octanol–water partition coefficient (Wildman–Crippen LogP) is 1.27. The molecule has 1 aliphatic rings. The van der Waals surface area contributed by atoms with Crippen LogP contribution in [0.15, 0.2) is 22.7 Å². The molecule has 0 unspecified atom stereocenters. The van der Waals surface area contributed by atoms with Crippen LogP contribution >= 0.6 is 15.9 Å². The second-order valence-electron chi connectivity index (χ2n) is 4.27. The molecular formula is C12H14BrFN2O2. The van der Waals surface area contributed by atoms with Crippen molar-refractivity contribution in [2.24, 2.45) is 5.73 Å². The van der Waals surface area contributed by atoms with Crippen LogP contribution in [0.4, 0.5) is 4.39 Å². The van der Waals surface area contributed by atoms with E-state index in [0.29, 0.717) is 30.7 Å². The van der Waals surface area contributed by atoms with Gasteiger partial charge in [0, 0.05) is 24.1 Å². The van der Waals surface area contributed by atoms with Crippen LogP contribution in [0.1, 0.15) is 5.56 Å². The topological polar surface area (TPSA) is 55.6 Å². The standard InChI is InChI=1S/C12H14BrFN2O2/c13-9-3-8(4-10(14)5-9)6-16-1-2-18-11(7-16)12(15)17/h3-5,11H,1-2,6-7H2,(H2,15,17)/t11-/m1/s1. The molecule has 2 N–H and O–H groups in total. The molecule has 1 atom stereocenters.